The van der Waals surface area contributed by atoms with Gasteiger partial charge in [-0.25, -0.2) is 13.8 Å². The highest BCUT2D eigenvalue weighted by Crippen LogP contribution is 2.29. The van der Waals surface area contributed by atoms with E-state index in [2.05, 4.69) is 4.98 Å². The Labute approximate surface area is 187 Å². The van der Waals surface area contributed by atoms with Crippen molar-refractivity contribution >= 4 is 33.4 Å². The van der Waals surface area contributed by atoms with E-state index in [0.29, 0.717) is 27.6 Å². The molecule has 0 radical (unpaired) electrons. The highest BCUT2D eigenvalue weighted by atomic mass is 32.1. The molecule has 0 saturated heterocycles. The zero-order valence-corrected chi connectivity index (χ0v) is 18.1. The number of ether oxygens (including phenoxy) is 2. The van der Waals surface area contributed by atoms with Crippen LogP contribution in [-0.2, 0) is 6.61 Å². The quantitative estimate of drug-likeness (QED) is 0.383. The summed E-state index contributed by atoms with van der Waals surface area (Å²) in [5, 5.41) is 0. The minimum Gasteiger partial charge on any atom is -0.490 e. The number of hydrogen-bond acceptors (Lipinski definition) is 5. The molecule has 0 N–H and O–H groups in total. The predicted molar refractivity (Wildman–Crippen MR) is 124 cm³/mol. The van der Waals surface area contributed by atoms with Crippen molar-refractivity contribution in [3.63, 3.8) is 0 Å². The monoisotopic (exact) mass is 446 g/mol. The maximum Gasteiger partial charge on any atom is 0.274 e. The van der Waals surface area contributed by atoms with Gasteiger partial charge in [0.15, 0.2) is 16.5 Å². The van der Waals surface area contributed by atoms with Crippen LogP contribution in [-0.4, -0.2) is 16.0 Å². The molecule has 7 heteroatoms. The molecule has 2 aromatic heterocycles. The molecular formula is C25H19FN2O3S. The van der Waals surface area contributed by atoms with Gasteiger partial charge < -0.3 is 9.47 Å². The molecule has 0 spiro atoms. The van der Waals surface area contributed by atoms with E-state index in [0.717, 1.165) is 22.2 Å². The summed E-state index contributed by atoms with van der Waals surface area (Å²) in [5.41, 5.74) is 3.06. The molecule has 0 bridgehead atoms. The summed E-state index contributed by atoms with van der Waals surface area (Å²) in [6, 6.07) is 19.4. The number of nitrogens with zero attached hydrogens (tertiary/aromatic N) is 2. The number of aromatic nitrogens is 2. The number of fused-ring (bicyclic) bond motifs is 3. The van der Waals surface area contributed by atoms with Crippen LogP contribution in [0, 0.1) is 5.82 Å². The molecule has 0 aliphatic rings. The van der Waals surface area contributed by atoms with E-state index in [4.69, 9.17) is 9.47 Å². The van der Waals surface area contributed by atoms with Crippen molar-refractivity contribution in [2.24, 2.45) is 0 Å². The largest absolute Gasteiger partial charge is 0.490 e. The summed E-state index contributed by atoms with van der Waals surface area (Å²) in [6.45, 7) is 2.58. The standard InChI is InChI=1S/C25H19FN2O3S/c1-2-30-22-13-16(10-11-21(22)31-15-17-6-5-7-18(26)12-17)14-23-24(29)28-20-9-4-3-8-19(20)27-25(28)32-23/h3-14H,2,15H2,1H3/b23-14-. The average Bonchev–Trinajstić information content (AvgIpc) is 3.29. The Kier molecular flexibility index (Phi) is 5.33. The molecule has 0 aliphatic heterocycles. The van der Waals surface area contributed by atoms with Gasteiger partial charge in [-0.2, -0.15) is 0 Å². The van der Waals surface area contributed by atoms with Gasteiger partial charge in [0.1, 0.15) is 12.4 Å². The van der Waals surface area contributed by atoms with Crippen molar-refractivity contribution in [3.05, 3.63) is 98.6 Å². The number of thiazole rings is 1. The van der Waals surface area contributed by atoms with E-state index in [-0.39, 0.29) is 18.0 Å². The zero-order chi connectivity index (χ0) is 22.1. The van der Waals surface area contributed by atoms with Gasteiger partial charge in [0.25, 0.3) is 5.56 Å². The number of imidazole rings is 1. The van der Waals surface area contributed by atoms with Gasteiger partial charge in [-0.1, -0.05) is 41.7 Å². The molecule has 0 atom stereocenters. The fraction of sp³-hybridized carbons (Fsp3) is 0.120. The van der Waals surface area contributed by atoms with E-state index < -0.39 is 0 Å². The maximum atomic E-state index is 13.4. The van der Waals surface area contributed by atoms with Crippen LogP contribution in [0.15, 0.2) is 71.5 Å². The molecule has 0 amide bonds. The van der Waals surface area contributed by atoms with Crippen LogP contribution in [0.1, 0.15) is 18.1 Å². The molecule has 0 saturated carbocycles. The van der Waals surface area contributed by atoms with Crippen molar-refractivity contribution in [3.8, 4) is 11.5 Å². The second kappa shape index (κ2) is 8.43. The first-order valence-electron chi connectivity index (χ1n) is 10.2. The first kappa shape index (κ1) is 20.2. The number of rotatable bonds is 6. The third kappa shape index (κ3) is 3.83. The Hall–Kier alpha value is -3.71. The lowest BCUT2D eigenvalue weighted by molar-refractivity contribution is 0.269. The first-order chi connectivity index (χ1) is 15.6. The minimum absolute atomic E-state index is 0.0944. The summed E-state index contributed by atoms with van der Waals surface area (Å²) >= 11 is 1.35. The Morgan fingerprint density at radius 2 is 1.91 bits per heavy atom. The van der Waals surface area contributed by atoms with Gasteiger partial charge in [0, 0.05) is 0 Å². The number of para-hydroxylation sites is 2. The summed E-state index contributed by atoms with van der Waals surface area (Å²) in [7, 11) is 0. The second-order valence-corrected chi connectivity index (χ2v) is 8.20. The van der Waals surface area contributed by atoms with E-state index in [1.165, 1.54) is 23.5 Å². The second-order valence-electron chi connectivity index (χ2n) is 7.19. The van der Waals surface area contributed by atoms with Crippen LogP contribution in [0.25, 0.3) is 22.1 Å². The molecule has 0 aliphatic carbocycles. The molecule has 0 unspecified atom stereocenters. The van der Waals surface area contributed by atoms with Crippen molar-refractivity contribution in [1.82, 2.24) is 9.38 Å². The average molecular weight is 447 g/mol. The van der Waals surface area contributed by atoms with Crippen molar-refractivity contribution < 1.29 is 13.9 Å². The van der Waals surface area contributed by atoms with Gasteiger partial charge >= 0.3 is 0 Å². The Morgan fingerprint density at radius 1 is 1.03 bits per heavy atom. The highest BCUT2D eigenvalue weighted by Gasteiger charge is 2.11. The molecule has 32 heavy (non-hydrogen) atoms. The van der Waals surface area contributed by atoms with Gasteiger partial charge in [0.05, 0.1) is 22.2 Å². The van der Waals surface area contributed by atoms with E-state index in [1.54, 1.807) is 22.6 Å². The topological polar surface area (TPSA) is 52.8 Å². The van der Waals surface area contributed by atoms with Crippen molar-refractivity contribution in [1.29, 1.82) is 0 Å². The van der Waals surface area contributed by atoms with E-state index in [9.17, 15) is 9.18 Å². The third-order valence-electron chi connectivity index (χ3n) is 4.99. The maximum absolute atomic E-state index is 13.4. The highest BCUT2D eigenvalue weighted by molar-refractivity contribution is 7.15. The third-order valence-corrected chi connectivity index (χ3v) is 5.96. The molecule has 0 fully saturated rings. The van der Waals surface area contributed by atoms with E-state index >= 15 is 0 Å². The van der Waals surface area contributed by atoms with Crippen LogP contribution >= 0.6 is 11.3 Å². The molecule has 5 nitrogen and oxygen atoms in total. The molecular weight excluding hydrogens is 427 g/mol. The lowest BCUT2D eigenvalue weighted by Gasteiger charge is -2.12. The lowest BCUT2D eigenvalue weighted by Crippen LogP contribution is -2.22. The SMILES string of the molecule is CCOc1cc(/C=c2\sc3nc4ccccc4n3c2=O)ccc1OCc1cccc(F)c1. The van der Waals surface area contributed by atoms with Gasteiger partial charge in [-0.3, -0.25) is 4.79 Å². The van der Waals surface area contributed by atoms with Gasteiger partial charge in [-0.05, 0) is 60.5 Å². The smallest absolute Gasteiger partial charge is 0.274 e. The minimum atomic E-state index is -0.301. The summed E-state index contributed by atoms with van der Waals surface area (Å²) in [5.74, 6) is 0.823. The Bertz CT molecular complexity index is 1540. The normalized spacial score (nSPS) is 12.0. The van der Waals surface area contributed by atoms with Crippen LogP contribution in [0.3, 0.4) is 0 Å². The zero-order valence-electron chi connectivity index (χ0n) is 17.2. The molecule has 2 heterocycles. The van der Waals surface area contributed by atoms with Crippen LogP contribution < -0.4 is 19.6 Å². The van der Waals surface area contributed by atoms with Crippen molar-refractivity contribution in [2.75, 3.05) is 6.61 Å². The number of benzene rings is 3. The molecule has 160 valence electrons. The van der Waals surface area contributed by atoms with Crippen LogP contribution in [0.5, 0.6) is 11.5 Å². The fourth-order valence-electron chi connectivity index (χ4n) is 3.55. The first-order valence-corrected chi connectivity index (χ1v) is 11.0. The molecule has 5 rings (SSSR count). The summed E-state index contributed by atoms with van der Waals surface area (Å²) in [6.07, 6.45) is 1.83. The molecule has 5 aromatic rings. The fourth-order valence-corrected chi connectivity index (χ4v) is 4.54. The summed E-state index contributed by atoms with van der Waals surface area (Å²) < 4.78 is 27.3. The Morgan fingerprint density at radius 3 is 2.75 bits per heavy atom. The van der Waals surface area contributed by atoms with Gasteiger partial charge in [0.2, 0.25) is 0 Å². The number of halogens is 1. The van der Waals surface area contributed by atoms with Crippen LogP contribution in [0.4, 0.5) is 4.39 Å². The van der Waals surface area contributed by atoms with E-state index in [1.807, 2.05) is 49.4 Å². The van der Waals surface area contributed by atoms with Gasteiger partial charge in [-0.15, -0.1) is 0 Å². The predicted octanol–water partition coefficient (Wildman–Crippen LogP) is 4.57. The Balaban J connectivity index is 1.48. The van der Waals surface area contributed by atoms with Crippen LogP contribution in [0.2, 0.25) is 0 Å². The number of hydrogen-bond donors (Lipinski definition) is 0. The van der Waals surface area contributed by atoms with Crippen molar-refractivity contribution in [2.45, 2.75) is 13.5 Å². The molecule has 3 aromatic carbocycles. The summed E-state index contributed by atoms with van der Waals surface area (Å²) in [4.78, 5) is 18.2. The lowest BCUT2D eigenvalue weighted by atomic mass is 10.2.